The molecule has 0 spiro atoms. The number of hydrogen-bond acceptors (Lipinski definition) is 2. The van der Waals surface area contributed by atoms with Gasteiger partial charge < -0.3 is 15.4 Å². The molecule has 0 aliphatic rings. The molecule has 4 nitrogen and oxygen atoms in total. The molecule has 1 amide bonds. The maximum atomic E-state index is 12.2. The van der Waals surface area contributed by atoms with Gasteiger partial charge in [0.2, 0.25) is 0 Å². The van der Waals surface area contributed by atoms with Gasteiger partial charge in [-0.15, -0.1) is 0 Å². The number of fused-ring (bicyclic) bond motifs is 1. The maximum Gasteiger partial charge on any atom is 0.251 e. The van der Waals surface area contributed by atoms with Crippen LogP contribution in [-0.4, -0.2) is 22.5 Å². The summed E-state index contributed by atoms with van der Waals surface area (Å²) in [6, 6.07) is 12.1. The summed E-state index contributed by atoms with van der Waals surface area (Å²) in [6.07, 6.45) is 0.935. The first kappa shape index (κ1) is 15.9. The second-order valence-electron chi connectivity index (χ2n) is 5.21. The van der Waals surface area contributed by atoms with Crippen LogP contribution in [0.15, 0.2) is 48.7 Å². The third-order valence-corrected chi connectivity index (χ3v) is 3.98. The second-order valence-corrected chi connectivity index (χ2v) is 6.08. The molecule has 3 rings (SSSR count). The minimum atomic E-state index is -0.883. The van der Waals surface area contributed by atoms with E-state index in [9.17, 15) is 9.90 Å². The lowest BCUT2D eigenvalue weighted by Gasteiger charge is -2.13. The molecule has 0 aliphatic carbocycles. The van der Waals surface area contributed by atoms with E-state index in [1.807, 2.05) is 18.3 Å². The molecule has 0 saturated heterocycles. The van der Waals surface area contributed by atoms with Crippen LogP contribution in [0.2, 0.25) is 10.0 Å². The normalized spacial score (nSPS) is 12.3. The van der Waals surface area contributed by atoms with Crippen LogP contribution in [-0.2, 0) is 0 Å². The number of aliphatic hydroxyl groups is 1. The molecule has 2 aromatic carbocycles. The van der Waals surface area contributed by atoms with Crippen molar-refractivity contribution in [2.45, 2.75) is 6.10 Å². The summed E-state index contributed by atoms with van der Waals surface area (Å²) < 4.78 is 0. The van der Waals surface area contributed by atoms with Gasteiger partial charge in [-0.3, -0.25) is 4.79 Å². The van der Waals surface area contributed by atoms with Gasteiger partial charge in [0.1, 0.15) is 0 Å². The van der Waals surface area contributed by atoms with Gasteiger partial charge >= 0.3 is 0 Å². The van der Waals surface area contributed by atoms with E-state index in [1.54, 1.807) is 30.3 Å². The van der Waals surface area contributed by atoms with E-state index in [0.717, 1.165) is 10.9 Å². The van der Waals surface area contributed by atoms with Crippen LogP contribution in [0.3, 0.4) is 0 Å². The molecule has 23 heavy (non-hydrogen) atoms. The summed E-state index contributed by atoms with van der Waals surface area (Å²) in [7, 11) is 0. The molecule has 0 fully saturated rings. The standard InChI is InChI=1S/C17H14Cl2N2O2/c18-13-6-12(7-14(19)8-13)16(22)9-21-17(23)11-1-2-15-10(5-11)3-4-20-15/h1-8,16,20,22H,9H2,(H,21,23). The molecule has 0 radical (unpaired) electrons. The largest absolute Gasteiger partial charge is 0.387 e. The molecule has 118 valence electrons. The zero-order valence-electron chi connectivity index (χ0n) is 12.0. The van der Waals surface area contributed by atoms with E-state index in [-0.39, 0.29) is 12.5 Å². The fraction of sp³-hybridized carbons (Fsp3) is 0.118. The van der Waals surface area contributed by atoms with Gasteiger partial charge in [0.15, 0.2) is 0 Å². The van der Waals surface area contributed by atoms with Crippen LogP contribution >= 0.6 is 23.2 Å². The number of aromatic nitrogens is 1. The Morgan fingerprint density at radius 1 is 1.13 bits per heavy atom. The van der Waals surface area contributed by atoms with Crippen molar-refractivity contribution in [1.82, 2.24) is 10.3 Å². The van der Waals surface area contributed by atoms with Gasteiger partial charge in [-0.25, -0.2) is 0 Å². The summed E-state index contributed by atoms with van der Waals surface area (Å²) in [5, 5.41) is 14.7. The number of aliphatic hydroxyl groups excluding tert-OH is 1. The van der Waals surface area contributed by atoms with E-state index in [0.29, 0.717) is 21.2 Å². The third-order valence-electron chi connectivity index (χ3n) is 3.54. The molecule has 0 saturated carbocycles. The minimum Gasteiger partial charge on any atom is -0.387 e. The van der Waals surface area contributed by atoms with Crippen LogP contribution in [0.1, 0.15) is 22.0 Å². The summed E-state index contributed by atoms with van der Waals surface area (Å²) >= 11 is 11.8. The van der Waals surface area contributed by atoms with Gasteiger partial charge in [-0.2, -0.15) is 0 Å². The SMILES string of the molecule is O=C(NCC(O)c1cc(Cl)cc(Cl)c1)c1ccc2[nH]ccc2c1. The van der Waals surface area contributed by atoms with Crippen molar-refractivity contribution in [3.05, 3.63) is 69.8 Å². The number of halogens is 2. The number of amides is 1. The van der Waals surface area contributed by atoms with Crippen LogP contribution in [0.5, 0.6) is 0 Å². The predicted octanol–water partition coefficient (Wildman–Crippen LogP) is 3.94. The molecule has 1 heterocycles. The monoisotopic (exact) mass is 348 g/mol. The Balaban J connectivity index is 1.68. The van der Waals surface area contributed by atoms with E-state index >= 15 is 0 Å². The summed E-state index contributed by atoms with van der Waals surface area (Å²) in [6.45, 7) is 0.0701. The van der Waals surface area contributed by atoms with E-state index in [4.69, 9.17) is 23.2 Å². The molecule has 3 N–H and O–H groups in total. The molecule has 0 aliphatic heterocycles. The van der Waals surface area contributed by atoms with Crippen LogP contribution in [0, 0.1) is 0 Å². The Morgan fingerprint density at radius 2 is 1.87 bits per heavy atom. The highest BCUT2D eigenvalue weighted by Crippen LogP contribution is 2.23. The quantitative estimate of drug-likeness (QED) is 0.668. The minimum absolute atomic E-state index is 0.0701. The van der Waals surface area contributed by atoms with E-state index in [1.165, 1.54) is 0 Å². The summed E-state index contributed by atoms with van der Waals surface area (Å²) in [4.78, 5) is 15.3. The number of aromatic amines is 1. The molecule has 1 unspecified atom stereocenters. The van der Waals surface area contributed by atoms with Crippen molar-refractivity contribution < 1.29 is 9.90 Å². The lowest BCUT2D eigenvalue weighted by Crippen LogP contribution is -2.28. The van der Waals surface area contributed by atoms with E-state index in [2.05, 4.69) is 10.3 Å². The van der Waals surface area contributed by atoms with Crippen molar-refractivity contribution in [1.29, 1.82) is 0 Å². The van der Waals surface area contributed by atoms with Crippen molar-refractivity contribution in [2.24, 2.45) is 0 Å². The fourth-order valence-corrected chi connectivity index (χ4v) is 2.91. The Kier molecular flexibility index (Phi) is 4.57. The fourth-order valence-electron chi connectivity index (χ4n) is 2.37. The number of carbonyl (C=O) groups is 1. The van der Waals surface area contributed by atoms with Gasteiger partial charge in [0.25, 0.3) is 5.91 Å². The van der Waals surface area contributed by atoms with Crippen LogP contribution in [0.4, 0.5) is 0 Å². The smallest absolute Gasteiger partial charge is 0.251 e. The molecule has 3 aromatic rings. The number of nitrogens with one attached hydrogen (secondary N) is 2. The lowest BCUT2D eigenvalue weighted by atomic mass is 10.1. The highest BCUT2D eigenvalue weighted by molar-refractivity contribution is 6.34. The second kappa shape index (κ2) is 6.62. The van der Waals surface area contributed by atoms with Gasteiger partial charge in [0.05, 0.1) is 6.10 Å². The lowest BCUT2D eigenvalue weighted by molar-refractivity contribution is 0.0916. The highest BCUT2D eigenvalue weighted by atomic mass is 35.5. The molecule has 6 heteroatoms. The van der Waals surface area contributed by atoms with Gasteiger partial charge in [-0.1, -0.05) is 23.2 Å². The number of hydrogen-bond donors (Lipinski definition) is 3. The molecule has 1 atom stereocenters. The van der Waals surface area contributed by atoms with Crippen molar-refractivity contribution in [3.63, 3.8) is 0 Å². The number of carbonyl (C=O) groups excluding carboxylic acids is 1. The number of benzene rings is 2. The van der Waals surface area contributed by atoms with Crippen LogP contribution in [0.25, 0.3) is 10.9 Å². The Labute approximate surface area is 143 Å². The number of H-pyrrole nitrogens is 1. The molecular weight excluding hydrogens is 335 g/mol. The topological polar surface area (TPSA) is 65.1 Å². The first-order valence-electron chi connectivity index (χ1n) is 7.02. The number of rotatable bonds is 4. The Hall–Kier alpha value is -2.01. The van der Waals surface area contributed by atoms with E-state index < -0.39 is 6.10 Å². The van der Waals surface area contributed by atoms with Gasteiger partial charge in [-0.05, 0) is 48.0 Å². The average Bonchev–Trinajstić information content (AvgIpc) is 2.98. The third kappa shape index (κ3) is 3.67. The Bertz CT molecular complexity index is 840. The van der Waals surface area contributed by atoms with Gasteiger partial charge in [0, 0.05) is 39.3 Å². The average molecular weight is 349 g/mol. The molecule has 0 bridgehead atoms. The zero-order chi connectivity index (χ0) is 16.4. The Morgan fingerprint density at radius 3 is 2.61 bits per heavy atom. The summed E-state index contributed by atoms with van der Waals surface area (Å²) in [5.74, 6) is -0.250. The predicted molar refractivity (Wildman–Crippen MR) is 92.1 cm³/mol. The molecular formula is C17H14Cl2N2O2. The zero-order valence-corrected chi connectivity index (χ0v) is 13.5. The first-order valence-corrected chi connectivity index (χ1v) is 7.78. The summed E-state index contributed by atoms with van der Waals surface area (Å²) in [5.41, 5.74) is 2.06. The van der Waals surface area contributed by atoms with Crippen molar-refractivity contribution in [3.8, 4) is 0 Å². The van der Waals surface area contributed by atoms with Crippen LogP contribution < -0.4 is 5.32 Å². The van der Waals surface area contributed by atoms with Crippen molar-refractivity contribution >= 4 is 40.0 Å². The van der Waals surface area contributed by atoms with Crippen molar-refractivity contribution in [2.75, 3.05) is 6.54 Å². The molecule has 1 aromatic heterocycles. The first-order chi connectivity index (χ1) is 11.0. The highest BCUT2D eigenvalue weighted by Gasteiger charge is 2.12. The maximum absolute atomic E-state index is 12.2.